The van der Waals surface area contributed by atoms with Gasteiger partial charge in [0.05, 0.1) is 23.2 Å². The van der Waals surface area contributed by atoms with Gasteiger partial charge in [-0.2, -0.15) is 18.4 Å². The van der Waals surface area contributed by atoms with Crippen LogP contribution in [0.3, 0.4) is 0 Å². The smallest absolute Gasteiger partial charge is 0.325 e. The Labute approximate surface area is 143 Å². The van der Waals surface area contributed by atoms with Gasteiger partial charge in [0.2, 0.25) is 5.91 Å². The molecule has 0 aromatic heterocycles. The molecular weight excluding hydrogens is 331 g/mol. The minimum atomic E-state index is -4.40. The molecule has 2 aromatic carbocycles. The lowest BCUT2D eigenvalue weighted by Crippen LogP contribution is -2.37. The highest BCUT2D eigenvalue weighted by molar-refractivity contribution is 5.94. The van der Waals surface area contributed by atoms with Gasteiger partial charge in [-0.05, 0) is 36.8 Å². The number of nitrogens with zero attached hydrogens (tertiary/aromatic N) is 1. The van der Waals surface area contributed by atoms with Crippen LogP contribution in [0, 0.1) is 11.3 Å². The number of benzene rings is 2. The average Bonchev–Trinajstić information content (AvgIpc) is 2.59. The molecule has 0 aliphatic heterocycles. The van der Waals surface area contributed by atoms with Crippen molar-refractivity contribution in [2.75, 3.05) is 5.32 Å². The summed E-state index contributed by atoms with van der Waals surface area (Å²) in [5, 5.41) is 14.4. The molecule has 0 bridgehead atoms. The molecule has 0 unspecified atom stereocenters. The quantitative estimate of drug-likeness (QED) is 0.867. The molecule has 0 saturated carbocycles. The Morgan fingerprint density at radius 3 is 2.60 bits per heavy atom. The third-order valence-corrected chi connectivity index (χ3v) is 3.52. The zero-order valence-electron chi connectivity index (χ0n) is 13.4. The summed E-state index contributed by atoms with van der Waals surface area (Å²) in [7, 11) is 0. The number of carbonyl (C=O) groups is 1. The van der Waals surface area contributed by atoms with Crippen molar-refractivity contribution in [3.05, 3.63) is 65.2 Å². The number of hydrogen-bond acceptors (Lipinski definition) is 3. The van der Waals surface area contributed by atoms with Crippen molar-refractivity contribution >= 4 is 11.6 Å². The number of alkyl halides is 3. The molecule has 25 heavy (non-hydrogen) atoms. The molecular formula is C18H16F3N3O. The third-order valence-electron chi connectivity index (χ3n) is 3.52. The van der Waals surface area contributed by atoms with Crippen molar-refractivity contribution in [2.45, 2.75) is 25.7 Å². The second-order valence-electron chi connectivity index (χ2n) is 5.48. The second kappa shape index (κ2) is 7.81. The molecule has 0 spiro atoms. The van der Waals surface area contributed by atoms with Crippen LogP contribution in [0.2, 0.25) is 0 Å². The molecule has 2 N–H and O–H groups in total. The Kier molecular flexibility index (Phi) is 5.78. The fourth-order valence-corrected chi connectivity index (χ4v) is 2.14. The van der Waals surface area contributed by atoms with Gasteiger partial charge in [-0.25, -0.2) is 0 Å². The van der Waals surface area contributed by atoms with Gasteiger partial charge in [0.1, 0.15) is 0 Å². The fraction of sp³-hybridized carbons (Fsp3) is 0.222. The lowest BCUT2D eigenvalue weighted by Gasteiger charge is -2.15. The zero-order valence-corrected chi connectivity index (χ0v) is 13.4. The van der Waals surface area contributed by atoms with E-state index in [2.05, 4.69) is 10.6 Å². The molecule has 7 heteroatoms. The van der Waals surface area contributed by atoms with Crippen LogP contribution in [0.15, 0.2) is 48.5 Å². The molecule has 2 aromatic rings. The zero-order chi connectivity index (χ0) is 18.4. The van der Waals surface area contributed by atoms with Crippen LogP contribution < -0.4 is 10.6 Å². The molecule has 130 valence electrons. The minimum absolute atomic E-state index is 0.122. The average molecular weight is 347 g/mol. The van der Waals surface area contributed by atoms with E-state index in [4.69, 9.17) is 5.26 Å². The number of nitriles is 1. The van der Waals surface area contributed by atoms with E-state index in [9.17, 15) is 18.0 Å². The molecule has 0 heterocycles. The van der Waals surface area contributed by atoms with Crippen LogP contribution in [-0.2, 0) is 17.5 Å². The van der Waals surface area contributed by atoms with Crippen molar-refractivity contribution in [3.8, 4) is 6.07 Å². The number of nitrogens with one attached hydrogen (secondary N) is 2. The maximum atomic E-state index is 12.7. The number of rotatable bonds is 5. The standard InChI is InChI=1S/C18H16F3N3O/c1-12(17(25)24-16-7-3-4-13(9-16)10-22)23-11-14-5-2-6-15(8-14)18(19,20)21/h2-9,12,23H,11H2,1H3,(H,24,25)/t12-/m0/s1. The van der Waals surface area contributed by atoms with Crippen LogP contribution in [0.5, 0.6) is 0 Å². The maximum absolute atomic E-state index is 12.7. The molecule has 4 nitrogen and oxygen atoms in total. The number of hydrogen-bond donors (Lipinski definition) is 2. The summed E-state index contributed by atoms with van der Waals surface area (Å²) < 4.78 is 38.1. The van der Waals surface area contributed by atoms with E-state index >= 15 is 0 Å². The first-order valence-electron chi connectivity index (χ1n) is 7.50. The predicted octanol–water partition coefficient (Wildman–Crippen LogP) is 3.69. The van der Waals surface area contributed by atoms with Gasteiger partial charge < -0.3 is 10.6 Å². The van der Waals surface area contributed by atoms with Crippen LogP contribution >= 0.6 is 0 Å². The summed E-state index contributed by atoms with van der Waals surface area (Å²) in [5.41, 5.74) is 0.609. The maximum Gasteiger partial charge on any atom is 0.416 e. The highest BCUT2D eigenvalue weighted by Gasteiger charge is 2.30. The van der Waals surface area contributed by atoms with Gasteiger partial charge >= 0.3 is 6.18 Å². The Morgan fingerprint density at radius 2 is 1.92 bits per heavy atom. The van der Waals surface area contributed by atoms with Gasteiger partial charge in [-0.3, -0.25) is 4.79 Å². The predicted molar refractivity (Wildman–Crippen MR) is 87.5 cm³/mol. The highest BCUT2D eigenvalue weighted by Crippen LogP contribution is 2.29. The largest absolute Gasteiger partial charge is 0.416 e. The lowest BCUT2D eigenvalue weighted by atomic mass is 10.1. The van der Waals surface area contributed by atoms with Crippen LogP contribution in [0.4, 0.5) is 18.9 Å². The van der Waals surface area contributed by atoms with Crippen molar-refractivity contribution in [1.82, 2.24) is 5.32 Å². The summed E-state index contributed by atoms with van der Waals surface area (Å²) >= 11 is 0. The van der Waals surface area contributed by atoms with Crippen LogP contribution in [-0.4, -0.2) is 11.9 Å². The normalized spacial score (nSPS) is 12.3. The van der Waals surface area contributed by atoms with Crippen molar-refractivity contribution < 1.29 is 18.0 Å². The molecule has 1 atom stereocenters. The van der Waals surface area contributed by atoms with Crippen molar-refractivity contribution in [2.24, 2.45) is 0 Å². The summed E-state index contributed by atoms with van der Waals surface area (Å²) in [5.74, 6) is -0.345. The van der Waals surface area contributed by atoms with E-state index in [-0.39, 0.29) is 12.5 Å². The first kappa shape index (κ1) is 18.5. The molecule has 0 fully saturated rings. The topological polar surface area (TPSA) is 64.9 Å². The van der Waals surface area contributed by atoms with E-state index < -0.39 is 17.8 Å². The van der Waals surface area contributed by atoms with E-state index in [1.165, 1.54) is 12.1 Å². The van der Waals surface area contributed by atoms with Crippen molar-refractivity contribution in [3.63, 3.8) is 0 Å². The van der Waals surface area contributed by atoms with Crippen LogP contribution in [0.1, 0.15) is 23.6 Å². The number of anilines is 1. The molecule has 1 amide bonds. The SMILES string of the molecule is C[C@H](NCc1cccc(C(F)(F)F)c1)C(=O)Nc1cccc(C#N)c1. The van der Waals surface area contributed by atoms with Gasteiger partial charge in [-0.1, -0.05) is 24.3 Å². The fourth-order valence-electron chi connectivity index (χ4n) is 2.14. The first-order valence-corrected chi connectivity index (χ1v) is 7.50. The first-order chi connectivity index (χ1) is 11.8. The van der Waals surface area contributed by atoms with E-state index in [0.29, 0.717) is 16.8 Å². The molecule has 0 saturated heterocycles. The second-order valence-corrected chi connectivity index (χ2v) is 5.48. The number of carbonyl (C=O) groups excluding carboxylic acids is 1. The van der Waals surface area contributed by atoms with Gasteiger partial charge in [0.25, 0.3) is 0 Å². The Morgan fingerprint density at radius 1 is 1.20 bits per heavy atom. The molecule has 2 rings (SSSR count). The lowest BCUT2D eigenvalue weighted by molar-refractivity contribution is -0.137. The third kappa shape index (κ3) is 5.33. The van der Waals surface area contributed by atoms with E-state index in [0.717, 1.165) is 12.1 Å². The van der Waals surface area contributed by atoms with E-state index in [1.54, 1.807) is 31.2 Å². The summed E-state index contributed by atoms with van der Waals surface area (Å²) in [6, 6.07) is 12.7. The Bertz CT molecular complexity index is 797. The van der Waals surface area contributed by atoms with Crippen molar-refractivity contribution in [1.29, 1.82) is 5.26 Å². The number of amides is 1. The monoisotopic (exact) mass is 347 g/mol. The Balaban J connectivity index is 1.94. The molecule has 0 radical (unpaired) electrons. The highest BCUT2D eigenvalue weighted by atomic mass is 19.4. The Hall–Kier alpha value is -2.85. The minimum Gasteiger partial charge on any atom is -0.325 e. The molecule has 0 aliphatic rings. The number of halogens is 3. The van der Waals surface area contributed by atoms with Gasteiger partial charge in [0.15, 0.2) is 0 Å². The summed E-state index contributed by atoms with van der Waals surface area (Å²) in [6.07, 6.45) is -4.40. The summed E-state index contributed by atoms with van der Waals surface area (Å²) in [4.78, 5) is 12.1. The van der Waals surface area contributed by atoms with Gasteiger partial charge in [-0.15, -0.1) is 0 Å². The molecule has 0 aliphatic carbocycles. The van der Waals surface area contributed by atoms with Gasteiger partial charge in [0, 0.05) is 12.2 Å². The van der Waals surface area contributed by atoms with E-state index in [1.807, 2.05) is 6.07 Å². The summed E-state index contributed by atoms with van der Waals surface area (Å²) in [6.45, 7) is 1.73. The van der Waals surface area contributed by atoms with Crippen LogP contribution in [0.25, 0.3) is 0 Å².